The van der Waals surface area contributed by atoms with Gasteiger partial charge >= 0.3 is 0 Å². The summed E-state index contributed by atoms with van der Waals surface area (Å²) >= 11 is 3.41. The molecule has 1 aromatic rings. The number of hydrogen-bond donors (Lipinski definition) is 1. The summed E-state index contributed by atoms with van der Waals surface area (Å²) in [4.78, 5) is 12.4. The quantitative estimate of drug-likeness (QED) is 0.743. The summed E-state index contributed by atoms with van der Waals surface area (Å²) in [7, 11) is 0. The zero-order chi connectivity index (χ0) is 14.5. The Kier molecular flexibility index (Phi) is 6.20. The van der Waals surface area contributed by atoms with Gasteiger partial charge < -0.3 is 5.73 Å². The topological polar surface area (TPSA) is 60.9 Å². The smallest absolute Gasteiger partial charge is 0.182 e. The summed E-state index contributed by atoms with van der Waals surface area (Å²) in [6.45, 7) is 7.84. The molecule has 1 aromatic heterocycles. The van der Waals surface area contributed by atoms with Gasteiger partial charge in [0.2, 0.25) is 0 Å². The van der Waals surface area contributed by atoms with Gasteiger partial charge in [-0.1, -0.05) is 20.8 Å². The lowest BCUT2D eigenvalue weighted by atomic mass is 9.83. The third kappa shape index (κ3) is 4.73. The molecule has 0 saturated heterocycles. The first-order valence-corrected chi connectivity index (χ1v) is 7.65. The summed E-state index contributed by atoms with van der Waals surface area (Å²) in [5.74, 6) is 0.155. The van der Waals surface area contributed by atoms with Crippen LogP contribution in [0.3, 0.4) is 0 Å². The van der Waals surface area contributed by atoms with Gasteiger partial charge in [0.15, 0.2) is 5.78 Å². The van der Waals surface area contributed by atoms with Crippen LogP contribution in [0.5, 0.6) is 0 Å². The summed E-state index contributed by atoms with van der Waals surface area (Å²) < 4.78 is 2.59. The molecule has 0 unspecified atom stereocenters. The molecule has 0 aromatic carbocycles. The van der Waals surface area contributed by atoms with Crippen LogP contribution in [0.4, 0.5) is 0 Å². The van der Waals surface area contributed by atoms with Crippen LogP contribution in [0.15, 0.2) is 10.7 Å². The van der Waals surface area contributed by atoms with Gasteiger partial charge in [-0.3, -0.25) is 9.48 Å². The molecule has 1 rings (SSSR count). The van der Waals surface area contributed by atoms with E-state index in [1.54, 1.807) is 10.9 Å². The van der Waals surface area contributed by atoms with Crippen LogP contribution in [-0.2, 0) is 6.54 Å². The molecule has 5 heteroatoms. The lowest BCUT2D eigenvalue weighted by Gasteiger charge is -2.23. The number of aromatic nitrogens is 2. The molecular formula is C14H24BrN3O. The van der Waals surface area contributed by atoms with Crippen LogP contribution in [0.1, 0.15) is 56.9 Å². The molecular weight excluding hydrogens is 306 g/mol. The van der Waals surface area contributed by atoms with Gasteiger partial charge in [0.25, 0.3) is 0 Å². The molecule has 0 spiro atoms. The Labute approximate surface area is 123 Å². The zero-order valence-corrected chi connectivity index (χ0v) is 13.7. The Morgan fingerprint density at radius 2 is 2.16 bits per heavy atom. The van der Waals surface area contributed by atoms with E-state index in [9.17, 15) is 4.79 Å². The van der Waals surface area contributed by atoms with E-state index >= 15 is 0 Å². The highest BCUT2D eigenvalue weighted by molar-refractivity contribution is 9.10. The highest BCUT2D eigenvalue weighted by Gasteiger charge is 2.22. The van der Waals surface area contributed by atoms with Crippen molar-refractivity contribution in [3.63, 3.8) is 0 Å². The fraction of sp³-hybridized carbons (Fsp3) is 0.714. The Hall–Kier alpha value is -0.680. The van der Waals surface area contributed by atoms with E-state index in [2.05, 4.69) is 41.8 Å². The van der Waals surface area contributed by atoms with Crippen molar-refractivity contribution in [1.29, 1.82) is 0 Å². The van der Waals surface area contributed by atoms with Crippen LogP contribution in [0.2, 0.25) is 0 Å². The fourth-order valence-electron chi connectivity index (χ4n) is 2.11. The maximum atomic E-state index is 12.4. The van der Waals surface area contributed by atoms with Crippen LogP contribution in [0, 0.1) is 5.41 Å². The Balaban J connectivity index is 2.70. The number of carbonyl (C=O) groups is 1. The Morgan fingerprint density at radius 3 is 2.74 bits per heavy atom. The molecule has 0 aliphatic rings. The highest BCUT2D eigenvalue weighted by Crippen LogP contribution is 2.28. The standard InChI is InChI=1S/C14H24BrN3O/c1-4-9-18-13(11(15)10-17-18)12(19)5-6-14(2,3)7-8-16/h10H,4-9,16H2,1-3H3. The summed E-state index contributed by atoms with van der Waals surface area (Å²) in [5, 5.41) is 4.24. The summed E-state index contributed by atoms with van der Waals surface area (Å²) in [6, 6.07) is 0. The second-order valence-electron chi connectivity index (χ2n) is 5.69. The number of hydrogen-bond acceptors (Lipinski definition) is 3. The molecule has 0 amide bonds. The maximum absolute atomic E-state index is 12.4. The second-order valence-corrected chi connectivity index (χ2v) is 6.54. The van der Waals surface area contributed by atoms with Crippen molar-refractivity contribution in [2.75, 3.05) is 6.54 Å². The van der Waals surface area contributed by atoms with Gasteiger partial charge in [-0.2, -0.15) is 5.10 Å². The Morgan fingerprint density at radius 1 is 1.47 bits per heavy atom. The van der Waals surface area contributed by atoms with Gasteiger partial charge in [0.1, 0.15) is 5.69 Å². The predicted molar refractivity (Wildman–Crippen MR) is 81.2 cm³/mol. The molecule has 0 atom stereocenters. The van der Waals surface area contributed by atoms with Gasteiger partial charge in [-0.25, -0.2) is 0 Å². The molecule has 1 heterocycles. The van der Waals surface area contributed by atoms with Gasteiger partial charge in [0, 0.05) is 13.0 Å². The molecule has 0 aliphatic carbocycles. The number of nitrogens with two attached hydrogens (primary N) is 1. The molecule has 0 saturated carbocycles. The maximum Gasteiger partial charge on any atom is 0.182 e. The van der Waals surface area contributed by atoms with Crippen LogP contribution in [-0.4, -0.2) is 22.1 Å². The molecule has 108 valence electrons. The van der Waals surface area contributed by atoms with Crippen molar-refractivity contribution in [2.45, 2.75) is 53.0 Å². The molecule has 4 nitrogen and oxygen atoms in total. The predicted octanol–water partition coefficient (Wildman–Crippen LogP) is 3.39. The second kappa shape index (κ2) is 7.20. The molecule has 19 heavy (non-hydrogen) atoms. The number of Topliss-reactive ketones (excluding diaryl/α,β-unsaturated/α-hetero) is 1. The first kappa shape index (κ1) is 16.4. The van der Waals surface area contributed by atoms with Crippen molar-refractivity contribution in [3.05, 3.63) is 16.4 Å². The summed E-state index contributed by atoms with van der Waals surface area (Å²) in [5.41, 5.74) is 6.41. The van der Waals surface area contributed by atoms with E-state index in [1.807, 2.05) is 0 Å². The third-order valence-corrected chi connectivity index (χ3v) is 3.92. The number of halogens is 1. The molecule has 0 radical (unpaired) electrons. The minimum atomic E-state index is 0.118. The largest absolute Gasteiger partial charge is 0.330 e. The minimum Gasteiger partial charge on any atom is -0.330 e. The van der Waals surface area contributed by atoms with Crippen molar-refractivity contribution in [2.24, 2.45) is 11.1 Å². The van der Waals surface area contributed by atoms with E-state index in [1.165, 1.54) is 0 Å². The third-order valence-electron chi connectivity index (χ3n) is 3.34. The Bertz CT molecular complexity index is 426. The normalized spacial score (nSPS) is 11.8. The average Bonchev–Trinajstić information content (AvgIpc) is 2.68. The first-order valence-electron chi connectivity index (χ1n) is 6.86. The summed E-state index contributed by atoms with van der Waals surface area (Å²) in [6.07, 6.45) is 5.00. The first-order chi connectivity index (χ1) is 8.91. The van der Waals surface area contributed by atoms with Crippen molar-refractivity contribution >= 4 is 21.7 Å². The SMILES string of the molecule is CCCn1ncc(Br)c1C(=O)CCC(C)(C)CCN. The number of aryl methyl sites for hydroxylation is 1. The van der Waals surface area contributed by atoms with E-state index in [0.717, 1.165) is 30.3 Å². The van der Waals surface area contributed by atoms with Crippen LogP contribution < -0.4 is 5.73 Å². The number of ketones is 1. The van der Waals surface area contributed by atoms with E-state index in [-0.39, 0.29) is 11.2 Å². The van der Waals surface area contributed by atoms with Crippen LogP contribution in [0.25, 0.3) is 0 Å². The van der Waals surface area contributed by atoms with Crippen LogP contribution >= 0.6 is 15.9 Å². The van der Waals surface area contributed by atoms with E-state index in [4.69, 9.17) is 5.73 Å². The highest BCUT2D eigenvalue weighted by atomic mass is 79.9. The monoisotopic (exact) mass is 329 g/mol. The molecule has 2 N–H and O–H groups in total. The van der Waals surface area contributed by atoms with Gasteiger partial charge in [-0.05, 0) is 47.2 Å². The van der Waals surface area contributed by atoms with E-state index in [0.29, 0.717) is 18.7 Å². The van der Waals surface area contributed by atoms with Gasteiger partial charge in [0.05, 0.1) is 10.7 Å². The number of carbonyl (C=O) groups excluding carboxylic acids is 1. The number of nitrogens with zero attached hydrogens (tertiary/aromatic N) is 2. The fourth-order valence-corrected chi connectivity index (χ4v) is 2.62. The lowest BCUT2D eigenvalue weighted by Crippen LogP contribution is -2.19. The van der Waals surface area contributed by atoms with Crippen molar-refractivity contribution < 1.29 is 4.79 Å². The number of rotatable bonds is 8. The lowest BCUT2D eigenvalue weighted by molar-refractivity contribution is 0.0950. The van der Waals surface area contributed by atoms with E-state index < -0.39 is 0 Å². The average molecular weight is 330 g/mol. The molecule has 0 bridgehead atoms. The molecule has 0 fully saturated rings. The van der Waals surface area contributed by atoms with Crippen molar-refractivity contribution in [1.82, 2.24) is 9.78 Å². The van der Waals surface area contributed by atoms with Crippen molar-refractivity contribution in [3.8, 4) is 0 Å². The van der Waals surface area contributed by atoms with Gasteiger partial charge in [-0.15, -0.1) is 0 Å². The molecule has 0 aliphatic heterocycles. The zero-order valence-electron chi connectivity index (χ0n) is 12.1. The minimum absolute atomic E-state index is 0.118.